The maximum atomic E-state index is 11.8. The van der Waals surface area contributed by atoms with Crippen LogP contribution in [0.1, 0.15) is 10.4 Å². The van der Waals surface area contributed by atoms with Crippen LogP contribution in [0.3, 0.4) is 0 Å². The van der Waals surface area contributed by atoms with Crippen molar-refractivity contribution in [2.45, 2.75) is 5.51 Å². The molecular formula is C16H10F3IO6S2. The highest BCUT2D eigenvalue weighted by Gasteiger charge is 2.36. The molecule has 2 aromatic carbocycles. The van der Waals surface area contributed by atoms with E-state index in [-0.39, 0.29) is 5.56 Å². The van der Waals surface area contributed by atoms with E-state index < -0.39 is 51.8 Å². The minimum absolute atomic E-state index is 0.139. The molecule has 150 valence electrons. The zero-order chi connectivity index (χ0) is 21.4. The van der Waals surface area contributed by atoms with Crippen LogP contribution in [-0.4, -0.2) is 32.0 Å². The Labute approximate surface area is 169 Å². The molecule has 6 nitrogen and oxygen atoms in total. The highest BCUT2D eigenvalue weighted by atomic mass is 127. The van der Waals surface area contributed by atoms with Gasteiger partial charge in [0.2, 0.25) is 7.50 Å². The number of alkyl halides is 3. The molecule has 28 heavy (non-hydrogen) atoms. The van der Waals surface area contributed by atoms with Gasteiger partial charge in [-0.1, -0.05) is 48.5 Å². The van der Waals surface area contributed by atoms with Crippen LogP contribution in [0, 0.1) is 12.7 Å². The van der Waals surface area contributed by atoms with Gasteiger partial charge in [-0.25, -0.2) is 16.8 Å². The third-order valence-electron chi connectivity index (χ3n) is 2.60. The summed E-state index contributed by atoms with van der Waals surface area (Å²) >= 11 is -0.727. The van der Waals surface area contributed by atoms with Crippen LogP contribution >= 0.6 is 0 Å². The molecule has 0 saturated carbocycles. The summed E-state index contributed by atoms with van der Waals surface area (Å²) in [5, 5.41) is 1.19. The number of sulfone groups is 1. The fourth-order valence-corrected chi connectivity index (χ4v) is 4.34. The number of rotatable bonds is 2. The smallest absolute Gasteiger partial charge is 0.485 e. The Morgan fingerprint density at radius 3 is 1.75 bits per heavy atom. The molecule has 0 aromatic heterocycles. The van der Waals surface area contributed by atoms with Gasteiger partial charge in [-0.05, 0) is 12.1 Å². The summed E-state index contributed by atoms with van der Waals surface area (Å²) in [4.78, 5) is 11.8. The summed E-state index contributed by atoms with van der Waals surface area (Å²) < 4.78 is 86.2. The summed E-state index contributed by atoms with van der Waals surface area (Å²) in [5.41, 5.74) is -5.51. The van der Waals surface area contributed by atoms with Gasteiger partial charge < -0.3 is 4.55 Å². The van der Waals surface area contributed by atoms with Crippen LogP contribution in [-0.2, 0) is 20.0 Å². The van der Waals surface area contributed by atoms with E-state index in [0.717, 1.165) is 3.57 Å². The normalized spacial score (nSPS) is 11.4. The Morgan fingerprint density at radius 1 is 0.893 bits per heavy atom. The van der Waals surface area contributed by atoms with Gasteiger partial charge in [0.25, 0.3) is 15.0 Å². The number of halogens is 4. The molecule has 0 fully saturated rings. The number of benzene rings is 2. The molecule has 0 N–H and O–H groups in total. The van der Waals surface area contributed by atoms with Crippen molar-refractivity contribution in [1.29, 1.82) is 0 Å². The number of hydrogen-bond donors (Lipinski definition) is 0. The van der Waals surface area contributed by atoms with E-state index in [1.54, 1.807) is 18.2 Å². The van der Waals surface area contributed by atoms with Gasteiger partial charge in [0, 0.05) is 5.56 Å². The molecule has 0 spiro atoms. The maximum absolute atomic E-state index is 11.8. The van der Waals surface area contributed by atoms with Crippen molar-refractivity contribution in [2.24, 2.45) is 0 Å². The quantitative estimate of drug-likeness (QED) is 0.211. The first-order valence-corrected chi connectivity index (χ1v) is 12.0. The SMILES string of the molecule is O=C(c1ccccc1)S(=O)(=O)C#C[I+]c1ccccc1.O=S(=O)([O-])C(F)(F)F. The Hall–Kier alpha value is -1.95. The summed E-state index contributed by atoms with van der Waals surface area (Å²) in [5.74, 6) is 0. The molecule has 0 radical (unpaired) electrons. The largest absolute Gasteiger partial charge is 0.741 e. The van der Waals surface area contributed by atoms with E-state index >= 15 is 0 Å². The molecule has 12 heteroatoms. The second-order valence-corrected chi connectivity index (χ2v) is 9.92. The molecule has 0 heterocycles. The van der Waals surface area contributed by atoms with Gasteiger partial charge >= 0.3 is 26.7 Å². The summed E-state index contributed by atoms with van der Waals surface area (Å²) in [7, 11) is -10.1. The zero-order valence-corrected chi connectivity index (χ0v) is 17.3. The van der Waals surface area contributed by atoms with Crippen molar-refractivity contribution in [3.63, 3.8) is 0 Å². The summed E-state index contributed by atoms with van der Waals surface area (Å²) in [6.07, 6.45) is 0. The van der Waals surface area contributed by atoms with Crippen molar-refractivity contribution in [1.82, 2.24) is 0 Å². The maximum Gasteiger partial charge on any atom is 0.485 e. The van der Waals surface area contributed by atoms with E-state index in [2.05, 4.69) is 9.18 Å². The van der Waals surface area contributed by atoms with Crippen molar-refractivity contribution < 1.29 is 60.6 Å². The second kappa shape index (κ2) is 10.0. The van der Waals surface area contributed by atoms with Crippen LogP contribution in [0.5, 0.6) is 0 Å². The van der Waals surface area contributed by atoms with Crippen molar-refractivity contribution in [3.05, 3.63) is 69.8 Å². The molecule has 0 amide bonds. The van der Waals surface area contributed by atoms with Crippen molar-refractivity contribution >= 4 is 25.1 Å². The van der Waals surface area contributed by atoms with E-state index in [1.807, 2.05) is 30.3 Å². The lowest BCUT2D eigenvalue weighted by molar-refractivity contribution is -0.535. The van der Waals surface area contributed by atoms with Gasteiger partial charge in [0.15, 0.2) is 10.1 Å². The molecule has 2 rings (SSSR count). The number of hydrogen-bond acceptors (Lipinski definition) is 6. The minimum Gasteiger partial charge on any atom is -0.741 e. The molecule has 0 aliphatic carbocycles. The lowest BCUT2D eigenvalue weighted by Gasteiger charge is -2.08. The first-order valence-electron chi connectivity index (χ1n) is 6.92. The predicted octanol–water partition coefficient (Wildman–Crippen LogP) is -0.830. The van der Waals surface area contributed by atoms with Crippen molar-refractivity contribution in [2.75, 3.05) is 0 Å². The topological polar surface area (TPSA) is 108 Å². The molecule has 2 aromatic rings. The second-order valence-electron chi connectivity index (χ2n) is 4.64. The van der Waals surface area contributed by atoms with E-state index in [9.17, 15) is 26.4 Å². The first-order chi connectivity index (χ1) is 12.8. The van der Waals surface area contributed by atoms with Crippen LogP contribution in [0.4, 0.5) is 13.2 Å². The lowest BCUT2D eigenvalue weighted by Crippen LogP contribution is -3.59. The fraction of sp³-hybridized carbons (Fsp3) is 0.0625. The average Bonchev–Trinajstić information content (AvgIpc) is 2.61. The van der Waals surface area contributed by atoms with Crippen LogP contribution in [0.15, 0.2) is 60.7 Å². The third kappa shape index (κ3) is 7.97. The van der Waals surface area contributed by atoms with E-state index in [0.29, 0.717) is 0 Å². The van der Waals surface area contributed by atoms with Gasteiger partial charge in [0.05, 0.1) is 5.25 Å². The first kappa shape index (κ1) is 24.1. The minimum atomic E-state index is -6.09. The van der Waals surface area contributed by atoms with E-state index in [1.165, 1.54) is 12.1 Å². The average molecular weight is 546 g/mol. The predicted molar refractivity (Wildman–Crippen MR) is 88.4 cm³/mol. The van der Waals surface area contributed by atoms with Crippen LogP contribution in [0.25, 0.3) is 0 Å². The van der Waals surface area contributed by atoms with Gasteiger partial charge in [-0.2, -0.15) is 13.2 Å². The van der Waals surface area contributed by atoms with Crippen LogP contribution in [0.2, 0.25) is 0 Å². The standard InChI is InChI=1S/C15H10IO3S.CHF3O3S/c17-15(13-7-3-1-4-8-13)20(18,19)12-11-16-14-9-5-2-6-10-14;2-1(3,4)8(5,6)7/h1-10H;(H,5,6,7)/q+1;/p-1. The fourth-order valence-electron chi connectivity index (χ4n) is 1.38. The van der Waals surface area contributed by atoms with Gasteiger partial charge in [-0.3, -0.25) is 4.79 Å². The lowest BCUT2D eigenvalue weighted by atomic mass is 10.2. The molecular weight excluding hydrogens is 536 g/mol. The molecule has 0 saturated heterocycles. The Morgan fingerprint density at radius 2 is 1.32 bits per heavy atom. The van der Waals surface area contributed by atoms with Gasteiger partial charge in [-0.15, -0.1) is 0 Å². The Balaban J connectivity index is 0.000000416. The van der Waals surface area contributed by atoms with Crippen LogP contribution < -0.4 is 21.2 Å². The Kier molecular flexibility index (Phi) is 8.61. The Bertz CT molecular complexity index is 1070. The highest BCUT2D eigenvalue weighted by Crippen LogP contribution is 2.20. The van der Waals surface area contributed by atoms with Crippen molar-refractivity contribution in [3.8, 4) is 9.18 Å². The highest BCUT2D eigenvalue weighted by molar-refractivity contribution is 8.10. The zero-order valence-electron chi connectivity index (χ0n) is 13.6. The molecule has 0 atom stereocenters. The molecule has 0 aliphatic heterocycles. The summed E-state index contributed by atoms with van der Waals surface area (Å²) in [6, 6.07) is 17.3. The molecule has 0 bridgehead atoms. The molecule has 0 unspecified atom stereocenters. The van der Waals surface area contributed by atoms with E-state index in [4.69, 9.17) is 13.0 Å². The monoisotopic (exact) mass is 546 g/mol. The molecule has 0 aliphatic rings. The number of carbonyl (C=O) groups excluding carboxylic acids is 1. The number of carbonyl (C=O) groups is 1. The third-order valence-corrected chi connectivity index (χ3v) is 6.51. The van der Waals surface area contributed by atoms with Gasteiger partial charge in [0.1, 0.15) is 0 Å². The summed E-state index contributed by atoms with van der Waals surface area (Å²) in [6.45, 7) is 0.